The molecule has 0 fully saturated rings. The number of halogens is 1. The van der Waals surface area contributed by atoms with Gasteiger partial charge < -0.3 is 24.3 Å². The van der Waals surface area contributed by atoms with Crippen LogP contribution in [0, 0.1) is 5.82 Å². The predicted molar refractivity (Wildman–Crippen MR) is 83.0 cm³/mol. The number of carbonyl (C=O) groups excluding carboxylic acids is 1. The van der Waals surface area contributed by atoms with Gasteiger partial charge in [0.05, 0.1) is 6.54 Å². The summed E-state index contributed by atoms with van der Waals surface area (Å²) in [5, 5.41) is 2.67. The van der Waals surface area contributed by atoms with Gasteiger partial charge in [0.1, 0.15) is 23.9 Å². The molecule has 24 heavy (non-hydrogen) atoms. The molecule has 0 atom stereocenters. The van der Waals surface area contributed by atoms with Gasteiger partial charge in [-0.25, -0.2) is 4.39 Å². The molecule has 1 aliphatic rings. The van der Waals surface area contributed by atoms with Crippen LogP contribution >= 0.6 is 0 Å². The fourth-order valence-electron chi connectivity index (χ4n) is 2.06. The van der Waals surface area contributed by atoms with Gasteiger partial charge in [-0.1, -0.05) is 0 Å². The summed E-state index contributed by atoms with van der Waals surface area (Å²) >= 11 is 0. The van der Waals surface area contributed by atoms with E-state index in [4.69, 9.17) is 18.9 Å². The highest BCUT2D eigenvalue weighted by Gasteiger charge is 2.14. The summed E-state index contributed by atoms with van der Waals surface area (Å²) in [6.07, 6.45) is 0. The Kier molecular flexibility index (Phi) is 5.00. The molecule has 0 unspecified atom stereocenters. The molecule has 6 nitrogen and oxygen atoms in total. The van der Waals surface area contributed by atoms with Gasteiger partial charge >= 0.3 is 0 Å². The van der Waals surface area contributed by atoms with Gasteiger partial charge in [0.2, 0.25) is 6.79 Å². The molecule has 0 spiro atoms. The number of rotatable bonds is 7. The molecule has 0 aliphatic carbocycles. The lowest BCUT2D eigenvalue weighted by Gasteiger charge is -2.09. The third-order valence-corrected chi connectivity index (χ3v) is 3.22. The highest BCUT2D eigenvalue weighted by Crippen LogP contribution is 2.34. The van der Waals surface area contributed by atoms with Gasteiger partial charge in [0.15, 0.2) is 18.1 Å². The van der Waals surface area contributed by atoms with E-state index in [9.17, 15) is 9.18 Å². The number of ether oxygens (including phenoxy) is 4. The lowest BCUT2D eigenvalue weighted by atomic mass is 10.3. The van der Waals surface area contributed by atoms with Crippen molar-refractivity contribution in [2.75, 3.05) is 26.6 Å². The molecule has 2 aromatic carbocycles. The van der Waals surface area contributed by atoms with Crippen LogP contribution in [0.15, 0.2) is 42.5 Å². The fourth-order valence-corrected chi connectivity index (χ4v) is 2.06. The highest BCUT2D eigenvalue weighted by atomic mass is 19.1. The van der Waals surface area contributed by atoms with E-state index >= 15 is 0 Å². The van der Waals surface area contributed by atoms with E-state index in [1.165, 1.54) is 24.3 Å². The summed E-state index contributed by atoms with van der Waals surface area (Å²) in [5.74, 6) is 1.73. The second-order valence-corrected chi connectivity index (χ2v) is 4.96. The van der Waals surface area contributed by atoms with Crippen molar-refractivity contribution in [3.05, 3.63) is 48.3 Å². The summed E-state index contributed by atoms with van der Waals surface area (Å²) in [4.78, 5) is 11.7. The van der Waals surface area contributed by atoms with Gasteiger partial charge in [0, 0.05) is 6.07 Å². The Labute approximate surface area is 138 Å². The van der Waals surface area contributed by atoms with Gasteiger partial charge in [-0.2, -0.15) is 0 Å². The Morgan fingerprint density at radius 1 is 1.04 bits per heavy atom. The van der Waals surface area contributed by atoms with Crippen LogP contribution in [0.4, 0.5) is 4.39 Å². The first-order valence-electron chi connectivity index (χ1n) is 7.38. The number of hydrogen-bond donors (Lipinski definition) is 1. The number of amides is 1. The first-order chi connectivity index (χ1) is 11.7. The minimum atomic E-state index is -0.323. The topological polar surface area (TPSA) is 66.0 Å². The molecule has 0 bridgehead atoms. The molecule has 2 aromatic rings. The summed E-state index contributed by atoms with van der Waals surface area (Å²) in [5.41, 5.74) is 0. The van der Waals surface area contributed by atoms with Crippen molar-refractivity contribution in [2.24, 2.45) is 0 Å². The Hall–Kier alpha value is -2.96. The average molecular weight is 333 g/mol. The summed E-state index contributed by atoms with van der Waals surface area (Å²) < 4.78 is 33.9. The second kappa shape index (κ2) is 7.54. The molecule has 1 heterocycles. The molecule has 0 aromatic heterocycles. The zero-order valence-corrected chi connectivity index (χ0v) is 12.8. The molecule has 0 saturated heterocycles. The van der Waals surface area contributed by atoms with Crippen LogP contribution in [0.2, 0.25) is 0 Å². The van der Waals surface area contributed by atoms with E-state index in [0.717, 1.165) is 0 Å². The lowest BCUT2D eigenvalue weighted by Crippen LogP contribution is -2.32. The van der Waals surface area contributed by atoms with Crippen LogP contribution in [0.3, 0.4) is 0 Å². The standard InChI is InChI=1S/C17H16FNO5/c18-12-1-3-13(4-2-12)21-8-7-19-17(20)10-22-14-5-6-15-16(9-14)24-11-23-15/h1-6,9H,7-8,10-11H2,(H,19,20). The number of carbonyl (C=O) groups is 1. The van der Waals surface area contributed by atoms with Crippen molar-refractivity contribution in [1.29, 1.82) is 0 Å². The maximum absolute atomic E-state index is 12.7. The predicted octanol–water partition coefficient (Wildman–Crippen LogP) is 2.13. The molecule has 126 valence electrons. The molecule has 1 aliphatic heterocycles. The number of hydrogen-bond acceptors (Lipinski definition) is 5. The molecule has 3 rings (SSSR count). The van der Waals surface area contributed by atoms with Crippen LogP contribution < -0.4 is 24.3 Å². The Morgan fingerprint density at radius 2 is 1.79 bits per heavy atom. The van der Waals surface area contributed by atoms with Crippen LogP contribution in [0.25, 0.3) is 0 Å². The maximum Gasteiger partial charge on any atom is 0.258 e. The summed E-state index contributed by atoms with van der Waals surface area (Å²) in [7, 11) is 0. The first kappa shape index (κ1) is 15.9. The average Bonchev–Trinajstić information content (AvgIpc) is 3.06. The van der Waals surface area contributed by atoms with Crippen LogP contribution in [-0.2, 0) is 4.79 Å². The SMILES string of the molecule is O=C(COc1ccc2c(c1)OCO2)NCCOc1ccc(F)cc1. The van der Waals surface area contributed by atoms with Crippen molar-refractivity contribution in [2.45, 2.75) is 0 Å². The molecule has 0 saturated carbocycles. The van der Waals surface area contributed by atoms with Crippen molar-refractivity contribution < 1.29 is 28.1 Å². The highest BCUT2D eigenvalue weighted by molar-refractivity contribution is 5.77. The third-order valence-electron chi connectivity index (χ3n) is 3.22. The summed E-state index contributed by atoms with van der Waals surface area (Å²) in [6.45, 7) is 0.672. The van der Waals surface area contributed by atoms with Gasteiger partial charge in [-0.05, 0) is 36.4 Å². The second-order valence-electron chi connectivity index (χ2n) is 4.96. The lowest BCUT2D eigenvalue weighted by molar-refractivity contribution is -0.123. The smallest absolute Gasteiger partial charge is 0.258 e. The Bertz CT molecular complexity index is 705. The largest absolute Gasteiger partial charge is 0.492 e. The van der Waals surface area contributed by atoms with Gasteiger partial charge in [-0.3, -0.25) is 4.79 Å². The van der Waals surface area contributed by atoms with E-state index in [1.807, 2.05) is 0 Å². The Morgan fingerprint density at radius 3 is 2.62 bits per heavy atom. The normalized spacial score (nSPS) is 11.9. The van der Waals surface area contributed by atoms with Crippen molar-refractivity contribution in [1.82, 2.24) is 5.32 Å². The van der Waals surface area contributed by atoms with E-state index in [-0.39, 0.29) is 31.7 Å². The van der Waals surface area contributed by atoms with Gasteiger partial charge in [-0.15, -0.1) is 0 Å². The van der Waals surface area contributed by atoms with E-state index in [1.54, 1.807) is 18.2 Å². The molecular formula is C17H16FNO5. The van der Waals surface area contributed by atoms with Gasteiger partial charge in [0.25, 0.3) is 5.91 Å². The number of fused-ring (bicyclic) bond motifs is 1. The van der Waals surface area contributed by atoms with E-state index in [0.29, 0.717) is 29.5 Å². The fraction of sp³-hybridized carbons (Fsp3) is 0.235. The molecule has 0 radical (unpaired) electrons. The van der Waals surface area contributed by atoms with E-state index < -0.39 is 0 Å². The zero-order chi connectivity index (χ0) is 16.8. The van der Waals surface area contributed by atoms with E-state index in [2.05, 4.69) is 5.32 Å². The van der Waals surface area contributed by atoms with Crippen molar-refractivity contribution >= 4 is 5.91 Å². The minimum absolute atomic E-state index is 0.115. The molecule has 1 amide bonds. The Balaban J connectivity index is 1.34. The van der Waals surface area contributed by atoms with Crippen molar-refractivity contribution in [3.63, 3.8) is 0 Å². The third kappa shape index (κ3) is 4.28. The number of benzene rings is 2. The molecule has 7 heteroatoms. The monoisotopic (exact) mass is 333 g/mol. The summed E-state index contributed by atoms with van der Waals surface area (Å²) in [6, 6.07) is 10.8. The molecular weight excluding hydrogens is 317 g/mol. The maximum atomic E-state index is 12.7. The number of nitrogens with one attached hydrogen (secondary N) is 1. The van der Waals surface area contributed by atoms with Crippen LogP contribution in [0.1, 0.15) is 0 Å². The first-order valence-corrected chi connectivity index (χ1v) is 7.38. The quantitative estimate of drug-likeness (QED) is 0.786. The van der Waals surface area contributed by atoms with Crippen LogP contribution in [-0.4, -0.2) is 32.5 Å². The van der Waals surface area contributed by atoms with Crippen molar-refractivity contribution in [3.8, 4) is 23.0 Å². The minimum Gasteiger partial charge on any atom is -0.492 e. The zero-order valence-electron chi connectivity index (χ0n) is 12.8. The van der Waals surface area contributed by atoms with Crippen LogP contribution in [0.5, 0.6) is 23.0 Å². The molecule has 1 N–H and O–H groups in total.